The topological polar surface area (TPSA) is 91.8 Å². The van der Waals surface area contributed by atoms with Gasteiger partial charge in [-0.15, -0.1) is 0 Å². The van der Waals surface area contributed by atoms with E-state index in [2.05, 4.69) is 10.3 Å². The summed E-state index contributed by atoms with van der Waals surface area (Å²) in [5.74, 6) is -1.54. The molecule has 1 rings (SSSR count). The first-order valence-electron chi connectivity index (χ1n) is 6.20. The molecule has 0 saturated carbocycles. The Labute approximate surface area is 117 Å². The summed E-state index contributed by atoms with van der Waals surface area (Å²) < 4.78 is 4.95. The lowest BCUT2D eigenvalue weighted by Gasteiger charge is -2.16. The highest BCUT2D eigenvalue weighted by Crippen LogP contribution is 1.99. The highest BCUT2D eigenvalue weighted by atomic mass is 16.5. The number of methoxy groups -OCH3 is 1. The number of nitrogens with zero attached hydrogens (tertiary/aromatic N) is 2. The molecule has 1 amide bonds. The van der Waals surface area contributed by atoms with Crippen molar-refractivity contribution in [1.82, 2.24) is 15.2 Å². The third-order valence-electron chi connectivity index (χ3n) is 2.66. The molecule has 0 aromatic carbocycles. The van der Waals surface area contributed by atoms with E-state index >= 15 is 0 Å². The van der Waals surface area contributed by atoms with Gasteiger partial charge < -0.3 is 20.1 Å². The molecule has 110 valence electrons. The summed E-state index contributed by atoms with van der Waals surface area (Å²) in [5, 5.41) is 11.5. The second-order valence-electron chi connectivity index (χ2n) is 4.27. The van der Waals surface area contributed by atoms with E-state index in [4.69, 9.17) is 9.84 Å². The van der Waals surface area contributed by atoms with Crippen LogP contribution in [0.4, 0.5) is 0 Å². The van der Waals surface area contributed by atoms with Crippen LogP contribution >= 0.6 is 0 Å². The Morgan fingerprint density at radius 3 is 2.70 bits per heavy atom. The van der Waals surface area contributed by atoms with Crippen molar-refractivity contribution in [1.29, 1.82) is 0 Å². The average molecular weight is 281 g/mol. The van der Waals surface area contributed by atoms with Crippen LogP contribution in [-0.2, 0) is 4.74 Å². The molecule has 0 spiro atoms. The molecule has 0 atom stereocenters. The summed E-state index contributed by atoms with van der Waals surface area (Å²) in [4.78, 5) is 28.4. The number of carboxylic acids is 1. The summed E-state index contributed by atoms with van der Waals surface area (Å²) in [6, 6.07) is 4.32. The number of amides is 1. The molecular weight excluding hydrogens is 262 g/mol. The Morgan fingerprint density at radius 2 is 2.05 bits per heavy atom. The van der Waals surface area contributed by atoms with Gasteiger partial charge in [0.25, 0.3) is 5.91 Å². The Morgan fingerprint density at radius 1 is 1.35 bits per heavy atom. The number of carboxylic acid groups (broad SMARTS) is 1. The molecule has 0 unspecified atom stereocenters. The van der Waals surface area contributed by atoms with Crippen LogP contribution in [0, 0.1) is 0 Å². The summed E-state index contributed by atoms with van der Waals surface area (Å²) in [6.07, 6.45) is 0. The molecule has 0 aliphatic carbocycles. The number of hydrogen-bond acceptors (Lipinski definition) is 5. The molecule has 20 heavy (non-hydrogen) atoms. The average Bonchev–Trinajstić information content (AvgIpc) is 2.45. The zero-order chi connectivity index (χ0) is 15.0. The maximum absolute atomic E-state index is 11.8. The summed E-state index contributed by atoms with van der Waals surface area (Å²) >= 11 is 0. The zero-order valence-corrected chi connectivity index (χ0v) is 11.6. The standard InChI is InChI=1S/C13H19N3O4/c1-16(8-9-20-2)7-6-14-12(17)10-4-3-5-11(15-10)13(18)19/h3-5H,6-9H2,1-2H3,(H,14,17)(H,18,19). The molecule has 2 N–H and O–H groups in total. The van der Waals surface area contributed by atoms with Crippen LogP contribution in [0.2, 0.25) is 0 Å². The van der Waals surface area contributed by atoms with Gasteiger partial charge in [0.15, 0.2) is 0 Å². The third-order valence-corrected chi connectivity index (χ3v) is 2.66. The van der Waals surface area contributed by atoms with Crippen LogP contribution in [0.3, 0.4) is 0 Å². The molecule has 1 aromatic heterocycles. The summed E-state index contributed by atoms with van der Waals surface area (Å²) in [6.45, 7) is 2.54. The van der Waals surface area contributed by atoms with E-state index in [1.54, 1.807) is 7.11 Å². The minimum absolute atomic E-state index is 0.101. The highest BCUT2D eigenvalue weighted by molar-refractivity contribution is 5.94. The van der Waals surface area contributed by atoms with Gasteiger partial charge in [0.1, 0.15) is 11.4 Å². The van der Waals surface area contributed by atoms with Gasteiger partial charge in [-0.25, -0.2) is 9.78 Å². The van der Waals surface area contributed by atoms with Gasteiger partial charge in [0.05, 0.1) is 6.61 Å². The van der Waals surface area contributed by atoms with Crippen molar-refractivity contribution in [2.45, 2.75) is 0 Å². The molecule has 7 heteroatoms. The molecule has 0 saturated heterocycles. The number of aromatic nitrogens is 1. The molecular formula is C13H19N3O4. The zero-order valence-electron chi connectivity index (χ0n) is 11.6. The molecule has 0 bridgehead atoms. The molecule has 0 aliphatic heterocycles. The molecule has 0 radical (unpaired) electrons. The number of carbonyl (C=O) groups excluding carboxylic acids is 1. The highest BCUT2D eigenvalue weighted by Gasteiger charge is 2.10. The second-order valence-corrected chi connectivity index (χ2v) is 4.27. The van der Waals surface area contributed by atoms with Crippen LogP contribution in [0.1, 0.15) is 21.0 Å². The van der Waals surface area contributed by atoms with Crippen LogP contribution in [-0.4, -0.2) is 67.3 Å². The SMILES string of the molecule is COCCN(C)CCNC(=O)c1cccc(C(=O)O)n1. The predicted molar refractivity (Wildman–Crippen MR) is 72.9 cm³/mol. The van der Waals surface area contributed by atoms with Crippen molar-refractivity contribution in [3.8, 4) is 0 Å². The maximum Gasteiger partial charge on any atom is 0.354 e. The van der Waals surface area contributed by atoms with E-state index in [0.29, 0.717) is 19.7 Å². The quantitative estimate of drug-likeness (QED) is 0.701. The van der Waals surface area contributed by atoms with E-state index in [9.17, 15) is 9.59 Å². The van der Waals surface area contributed by atoms with Crippen molar-refractivity contribution >= 4 is 11.9 Å². The second kappa shape index (κ2) is 8.23. The number of rotatable bonds is 8. The molecule has 0 fully saturated rings. The number of nitrogens with one attached hydrogen (secondary N) is 1. The van der Waals surface area contributed by atoms with Gasteiger partial charge in [-0.3, -0.25) is 4.79 Å². The first-order chi connectivity index (χ1) is 9.54. The van der Waals surface area contributed by atoms with Gasteiger partial charge in [0, 0.05) is 26.7 Å². The number of pyridine rings is 1. The fraction of sp³-hybridized carbons (Fsp3) is 0.462. The van der Waals surface area contributed by atoms with E-state index in [1.807, 2.05) is 11.9 Å². The van der Waals surface area contributed by atoms with Crippen molar-refractivity contribution in [2.24, 2.45) is 0 Å². The number of carbonyl (C=O) groups is 2. The van der Waals surface area contributed by atoms with Crippen LogP contribution in [0.25, 0.3) is 0 Å². The Balaban J connectivity index is 2.43. The Hall–Kier alpha value is -1.99. The predicted octanol–water partition coefficient (Wildman–Crippen LogP) is 0.0878. The first-order valence-corrected chi connectivity index (χ1v) is 6.20. The molecule has 0 aliphatic rings. The monoisotopic (exact) mass is 281 g/mol. The molecule has 1 aromatic rings. The van der Waals surface area contributed by atoms with Crippen LogP contribution in [0.15, 0.2) is 18.2 Å². The van der Waals surface area contributed by atoms with Gasteiger partial charge in [-0.1, -0.05) is 6.07 Å². The lowest BCUT2D eigenvalue weighted by atomic mass is 10.3. The smallest absolute Gasteiger partial charge is 0.354 e. The van der Waals surface area contributed by atoms with Gasteiger partial charge in [0.2, 0.25) is 0 Å². The van der Waals surface area contributed by atoms with E-state index < -0.39 is 5.97 Å². The number of hydrogen-bond donors (Lipinski definition) is 2. The van der Waals surface area contributed by atoms with Gasteiger partial charge in [-0.05, 0) is 19.2 Å². The van der Waals surface area contributed by atoms with Crippen molar-refractivity contribution in [2.75, 3.05) is 40.4 Å². The maximum atomic E-state index is 11.8. The number of ether oxygens (including phenoxy) is 1. The minimum Gasteiger partial charge on any atom is -0.477 e. The lowest BCUT2D eigenvalue weighted by molar-refractivity contribution is 0.0690. The first kappa shape index (κ1) is 16.1. The largest absolute Gasteiger partial charge is 0.477 e. The molecule has 1 heterocycles. The van der Waals surface area contributed by atoms with Crippen molar-refractivity contribution in [3.63, 3.8) is 0 Å². The third kappa shape index (κ3) is 5.33. The Bertz CT molecular complexity index is 465. The normalized spacial score (nSPS) is 10.6. The van der Waals surface area contributed by atoms with Crippen molar-refractivity contribution < 1.29 is 19.4 Å². The summed E-state index contributed by atoms with van der Waals surface area (Å²) in [7, 11) is 3.56. The van der Waals surface area contributed by atoms with E-state index in [0.717, 1.165) is 6.54 Å². The lowest BCUT2D eigenvalue weighted by Crippen LogP contribution is -2.34. The van der Waals surface area contributed by atoms with Crippen LogP contribution < -0.4 is 5.32 Å². The van der Waals surface area contributed by atoms with E-state index in [-0.39, 0.29) is 17.3 Å². The van der Waals surface area contributed by atoms with Crippen LogP contribution in [0.5, 0.6) is 0 Å². The summed E-state index contributed by atoms with van der Waals surface area (Å²) in [5.41, 5.74) is -0.0423. The van der Waals surface area contributed by atoms with E-state index in [1.165, 1.54) is 18.2 Å². The fourth-order valence-electron chi connectivity index (χ4n) is 1.49. The minimum atomic E-state index is -1.15. The number of likely N-dealkylation sites (N-methyl/N-ethyl adjacent to an activating group) is 1. The van der Waals surface area contributed by atoms with Gasteiger partial charge >= 0.3 is 5.97 Å². The van der Waals surface area contributed by atoms with Gasteiger partial charge in [-0.2, -0.15) is 0 Å². The fourth-order valence-corrected chi connectivity index (χ4v) is 1.49. The molecule has 7 nitrogen and oxygen atoms in total. The van der Waals surface area contributed by atoms with Crippen molar-refractivity contribution in [3.05, 3.63) is 29.6 Å². The Kier molecular flexibility index (Phi) is 6.61. The number of aromatic carboxylic acids is 1.